The van der Waals surface area contributed by atoms with Crippen LogP contribution in [0.5, 0.6) is 0 Å². The smallest absolute Gasteiger partial charge is 0.250 e. The minimum atomic E-state index is -0.163. The Morgan fingerprint density at radius 3 is 2.58 bits per heavy atom. The Bertz CT molecular complexity index is 722. The van der Waals surface area contributed by atoms with E-state index in [9.17, 15) is 4.79 Å². The minimum Gasteiger partial charge on any atom is -0.250 e. The van der Waals surface area contributed by atoms with Crippen LogP contribution in [0.2, 0.25) is 0 Å². The molecule has 0 fully saturated rings. The van der Waals surface area contributed by atoms with Gasteiger partial charge in [-0.3, -0.25) is 0 Å². The molecule has 2 heterocycles. The lowest BCUT2D eigenvalue weighted by atomic mass is 10.2. The Hall–Kier alpha value is -2.70. The third-order valence-corrected chi connectivity index (χ3v) is 2.85. The van der Waals surface area contributed by atoms with E-state index in [1.54, 1.807) is 24.1 Å². The van der Waals surface area contributed by atoms with Gasteiger partial charge in [-0.25, -0.2) is 18.7 Å². The van der Waals surface area contributed by atoms with Crippen LogP contribution in [-0.4, -0.2) is 29.3 Å². The molecular weight excluding hydrogens is 244 g/mol. The van der Waals surface area contributed by atoms with Crippen LogP contribution in [0.3, 0.4) is 0 Å². The fourth-order valence-electron chi connectivity index (χ4n) is 1.83. The first-order chi connectivity index (χ1) is 9.24. The molecule has 0 aliphatic heterocycles. The fraction of sp³-hybridized carbons (Fsp3) is 0.167. The molecule has 0 atom stereocenters. The van der Waals surface area contributed by atoms with Crippen LogP contribution in [0.4, 0.5) is 0 Å². The second kappa shape index (κ2) is 4.52. The summed E-state index contributed by atoms with van der Waals surface area (Å²) in [6, 6.07) is 7.68. The van der Waals surface area contributed by atoms with E-state index in [2.05, 4.69) is 15.4 Å². The Labute approximate surface area is 108 Å². The van der Waals surface area contributed by atoms with E-state index >= 15 is 0 Å². The predicted octanol–water partition coefficient (Wildman–Crippen LogP) is 0.211. The van der Waals surface area contributed by atoms with E-state index in [4.69, 9.17) is 0 Å². The van der Waals surface area contributed by atoms with Crippen LogP contribution in [0.1, 0.15) is 5.56 Å². The highest BCUT2D eigenvalue weighted by molar-refractivity contribution is 5.34. The van der Waals surface area contributed by atoms with Crippen molar-refractivity contribution in [1.82, 2.24) is 29.3 Å². The number of benzene rings is 1. The maximum atomic E-state index is 11.8. The van der Waals surface area contributed by atoms with E-state index < -0.39 is 0 Å². The second-order valence-corrected chi connectivity index (χ2v) is 4.17. The lowest BCUT2D eigenvalue weighted by Gasteiger charge is -2.03. The van der Waals surface area contributed by atoms with Crippen molar-refractivity contribution in [2.45, 2.75) is 6.54 Å². The zero-order chi connectivity index (χ0) is 13.2. The summed E-state index contributed by atoms with van der Waals surface area (Å²) < 4.78 is 4.54. The monoisotopic (exact) mass is 256 g/mol. The number of hydrogen-bond acceptors (Lipinski definition) is 4. The van der Waals surface area contributed by atoms with Gasteiger partial charge < -0.3 is 0 Å². The van der Waals surface area contributed by atoms with E-state index in [-0.39, 0.29) is 5.69 Å². The van der Waals surface area contributed by atoms with Crippen LogP contribution >= 0.6 is 0 Å². The molecule has 0 unspecified atom stereocenters. The highest BCUT2D eigenvalue weighted by Gasteiger charge is 2.04. The van der Waals surface area contributed by atoms with Crippen molar-refractivity contribution in [3.8, 4) is 5.69 Å². The van der Waals surface area contributed by atoms with Gasteiger partial charge in [0.1, 0.15) is 6.33 Å². The van der Waals surface area contributed by atoms with Crippen molar-refractivity contribution < 1.29 is 0 Å². The summed E-state index contributed by atoms with van der Waals surface area (Å²) >= 11 is 0. The summed E-state index contributed by atoms with van der Waals surface area (Å²) in [5.41, 5.74) is 1.72. The fourth-order valence-corrected chi connectivity index (χ4v) is 1.83. The summed E-state index contributed by atoms with van der Waals surface area (Å²) in [6.45, 7) is 0.655. The molecule has 1 aromatic carbocycles. The SMILES string of the molecule is Cn1ncn(-c2ccc(Cn3ccnn3)cc2)c1=O. The first-order valence-corrected chi connectivity index (χ1v) is 5.78. The average molecular weight is 256 g/mol. The molecule has 7 nitrogen and oxygen atoms in total. The van der Waals surface area contributed by atoms with Crippen LogP contribution in [0.25, 0.3) is 5.69 Å². The van der Waals surface area contributed by atoms with Gasteiger partial charge in [0.15, 0.2) is 0 Å². The summed E-state index contributed by atoms with van der Waals surface area (Å²) in [6.07, 6.45) is 4.96. The summed E-state index contributed by atoms with van der Waals surface area (Å²) in [4.78, 5) is 11.8. The molecule has 2 aromatic heterocycles. The first-order valence-electron chi connectivity index (χ1n) is 5.78. The molecule has 0 aliphatic rings. The molecule has 0 bridgehead atoms. The number of nitrogens with zero attached hydrogens (tertiary/aromatic N) is 6. The van der Waals surface area contributed by atoms with Crippen molar-refractivity contribution in [2.75, 3.05) is 0 Å². The van der Waals surface area contributed by atoms with E-state index in [1.807, 2.05) is 24.3 Å². The van der Waals surface area contributed by atoms with Gasteiger partial charge in [0.2, 0.25) is 0 Å². The van der Waals surface area contributed by atoms with Crippen LogP contribution in [0.15, 0.2) is 47.8 Å². The zero-order valence-electron chi connectivity index (χ0n) is 10.3. The normalized spacial score (nSPS) is 10.8. The molecule has 7 heteroatoms. The zero-order valence-corrected chi connectivity index (χ0v) is 10.3. The first kappa shape index (κ1) is 11.4. The molecule has 0 aliphatic carbocycles. The Kier molecular flexibility index (Phi) is 2.71. The summed E-state index contributed by atoms with van der Waals surface area (Å²) in [5.74, 6) is 0. The van der Waals surface area contributed by atoms with Gasteiger partial charge in [-0.15, -0.1) is 5.10 Å². The standard InChI is InChI=1S/C12H12N6O/c1-16-12(19)18(9-14-16)11-4-2-10(3-5-11)8-17-7-6-13-15-17/h2-7,9H,8H2,1H3. The highest BCUT2D eigenvalue weighted by Crippen LogP contribution is 2.08. The highest BCUT2D eigenvalue weighted by atomic mass is 16.2. The van der Waals surface area contributed by atoms with E-state index in [0.717, 1.165) is 11.3 Å². The average Bonchev–Trinajstić information content (AvgIpc) is 3.03. The topological polar surface area (TPSA) is 70.5 Å². The summed E-state index contributed by atoms with van der Waals surface area (Å²) in [5, 5.41) is 11.6. The largest absolute Gasteiger partial charge is 0.350 e. The third-order valence-electron chi connectivity index (χ3n) is 2.85. The van der Waals surface area contributed by atoms with Crippen LogP contribution < -0.4 is 5.69 Å². The Morgan fingerprint density at radius 1 is 1.21 bits per heavy atom. The maximum Gasteiger partial charge on any atom is 0.350 e. The molecule has 0 amide bonds. The second-order valence-electron chi connectivity index (χ2n) is 4.17. The minimum absolute atomic E-state index is 0.163. The van der Waals surface area contributed by atoms with E-state index in [1.165, 1.54) is 15.6 Å². The maximum absolute atomic E-state index is 11.8. The number of rotatable bonds is 3. The van der Waals surface area contributed by atoms with Gasteiger partial charge in [-0.1, -0.05) is 17.3 Å². The predicted molar refractivity (Wildman–Crippen MR) is 67.9 cm³/mol. The molecule has 0 spiro atoms. The van der Waals surface area contributed by atoms with Crippen molar-refractivity contribution in [3.05, 3.63) is 59.0 Å². The van der Waals surface area contributed by atoms with Gasteiger partial charge >= 0.3 is 5.69 Å². The molecule has 0 N–H and O–H groups in total. The quantitative estimate of drug-likeness (QED) is 0.671. The molecule has 19 heavy (non-hydrogen) atoms. The number of aromatic nitrogens is 6. The van der Waals surface area contributed by atoms with Crippen LogP contribution in [0, 0.1) is 0 Å². The molecule has 3 aromatic rings. The lowest BCUT2D eigenvalue weighted by Crippen LogP contribution is -2.21. The van der Waals surface area contributed by atoms with Crippen molar-refractivity contribution >= 4 is 0 Å². The van der Waals surface area contributed by atoms with Gasteiger partial charge in [-0.2, -0.15) is 5.10 Å². The van der Waals surface area contributed by atoms with E-state index in [0.29, 0.717) is 6.54 Å². The van der Waals surface area contributed by atoms with Crippen molar-refractivity contribution in [3.63, 3.8) is 0 Å². The lowest BCUT2D eigenvalue weighted by molar-refractivity contribution is 0.649. The molecule has 0 saturated heterocycles. The molecule has 96 valence electrons. The molecule has 0 saturated carbocycles. The third kappa shape index (κ3) is 2.17. The van der Waals surface area contributed by atoms with Gasteiger partial charge in [0, 0.05) is 13.2 Å². The summed E-state index contributed by atoms with van der Waals surface area (Å²) in [7, 11) is 1.62. The van der Waals surface area contributed by atoms with Gasteiger partial charge in [0.05, 0.1) is 18.4 Å². The van der Waals surface area contributed by atoms with Crippen LogP contribution in [-0.2, 0) is 13.6 Å². The van der Waals surface area contributed by atoms with Gasteiger partial charge in [0.25, 0.3) is 0 Å². The Morgan fingerprint density at radius 2 is 2.00 bits per heavy atom. The van der Waals surface area contributed by atoms with Crippen molar-refractivity contribution in [2.24, 2.45) is 7.05 Å². The number of hydrogen-bond donors (Lipinski definition) is 0. The molecular formula is C12H12N6O. The molecule has 0 radical (unpaired) electrons. The number of aryl methyl sites for hydroxylation is 1. The van der Waals surface area contributed by atoms with Gasteiger partial charge in [-0.05, 0) is 17.7 Å². The van der Waals surface area contributed by atoms with Crippen molar-refractivity contribution in [1.29, 1.82) is 0 Å². The molecule has 3 rings (SSSR count). The Balaban J connectivity index is 1.87.